The molecule has 1 fully saturated rings. The standard InChI is InChI=1S/C24H22BrClN2O3S/c1-15(2)28-23(29)22(32-24(28)30)12-16-14-27(20-9-8-17(25)13-18(16)20)10-5-11-31-21-7-4-3-6-19(21)26/h3-4,6-9,12-15H,5,10-11H2,1-2H3/b22-12-. The van der Waals surface area contributed by atoms with Gasteiger partial charge in [-0.2, -0.15) is 0 Å². The summed E-state index contributed by atoms with van der Waals surface area (Å²) in [5.41, 5.74) is 1.96. The van der Waals surface area contributed by atoms with Gasteiger partial charge in [0.2, 0.25) is 0 Å². The maximum Gasteiger partial charge on any atom is 0.293 e. The van der Waals surface area contributed by atoms with Gasteiger partial charge in [-0.05, 0) is 68.4 Å². The van der Waals surface area contributed by atoms with E-state index in [1.807, 2.05) is 68.6 Å². The number of aromatic nitrogens is 1. The quantitative estimate of drug-likeness (QED) is 0.243. The zero-order chi connectivity index (χ0) is 22.8. The van der Waals surface area contributed by atoms with Crippen LogP contribution in [0.25, 0.3) is 17.0 Å². The molecule has 32 heavy (non-hydrogen) atoms. The van der Waals surface area contributed by atoms with E-state index in [2.05, 4.69) is 20.5 Å². The highest BCUT2D eigenvalue weighted by Crippen LogP contribution is 2.35. The Kier molecular flexibility index (Phi) is 6.98. The highest BCUT2D eigenvalue weighted by molar-refractivity contribution is 9.10. The maximum absolute atomic E-state index is 12.7. The van der Waals surface area contributed by atoms with Crippen LogP contribution in [0.4, 0.5) is 4.79 Å². The van der Waals surface area contributed by atoms with Crippen molar-refractivity contribution in [2.75, 3.05) is 6.61 Å². The van der Waals surface area contributed by atoms with Gasteiger partial charge in [0, 0.05) is 39.7 Å². The Morgan fingerprint density at radius 1 is 1.19 bits per heavy atom. The van der Waals surface area contributed by atoms with Gasteiger partial charge in [-0.1, -0.05) is 39.7 Å². The van der Waals surface area contributed by atoms with Crippen molar-refractivity contribution < 1.29 is 14.3 Å². The molecule has 1 aromatic heterocycles. The molecule has 0 radical (unpaired) electrons. The van der Waals surface area contributed by atoms with Gasteiger partial charge < -0.3 is 9.30 Å². The number of aryl methyl sites for hydroxylation is 1. The van der Waals surface area contributed by atoms with E-state index in [0.717, 1.165) is 45.7 Å². The molecule has 2 aromatic carbocycles. The number of nitrogens with zero attached hydrogens (tertiary/aromatic N) is 2. The van der Waals surface area contributed by atoms with E-state index >= 15 is 0 Å². The summed E-state index contributed by atoms with van der Waals surface area (Å²) in [6, 6.07) is 13.3. The van der Waals surface area contributed by atoms with E-state index in [1.165, 1.54) is 4.90 Å². The SMILES string of the molecule is CC(C)N1C(=O)S/C(=C\c2cn(CCCOc3ccccc3Cl)c3ccc(Br)cc23)C1=O. The van der Waals surface area contributed by atoms with Crippen LogP contribution in [0.2, 0.25) is 5.02 Å². The first-order valence-electron chi connectivity index (χ1n) is 10.3. The molecule has 3 aromatic rings. The number of para-hydroxylation sites is 1. The Labute approximate surface area is 204 Å². The summed E-state index contributed by atoms with van der Waals surface area (Å²) in [5.74, 6) is 0.441. The van der Waals surface area contributed by atoms with Gasteiger partial charge in [0.15, 0.2) is 0 Å². The zero-order valence-corrected chi connectivity index (χ0v) is 20.8. The minimum absolute atomic E-state index is 0.165. The van der Waals surface area contributed by atoms with E-state index in [9.17, 15) is 9.59 Å². The smallest absolute Gasteiger partial charge is 0.293 e. The molecular formula is C24H22BrClN2O3S. The minimum atomic E-state index is -0.237. The molecule has 0 aliphatic carbocycles. The third-order valence-corrected chi connectivity index (χ3v) is 6.83. The Morgan fingerprint density at radius 2 is 1.97 bits per heavy atom. The van der Waals surface area contributed by atoms with E-state index < -0.39 is 0 Å². The fraction of sp³-hybridized carbons (Fsp3) is 0.250. The first-order valence-corrected chi connectivity index (χ1v) is 12.3. The van der Waals surface area contributed by atoms with Gasteiger partial charge >= 0.3 is 0 Å². The van der Waals surface area contributed by atoms with Crippen molar-refractivity contribution in [1.82, 2.24) is 9.47 Å². The summed E-state index contributed by atoms with van der Waals surface area (Å²) in [5, 5.41) is 1.39. The van der Waals surface area contributed by atoms with Gasteiger partial charge in [-0.3, -0.25) is 14.5 Å². The highest BCUT2D eigenvalue weighted by atomic mass is 79.9. The number of hydrogen-bond acceptors (Lipinski definition) is 4. The molecule has 1 aliphatic heterocycles. The lowest BCUT2D eigenvalue weighted by Crippen LogP contribution is -2.34. The first kappa shape index (κ1) is 23.0. The van der Waals surface area contributed by atoms with Gasteiger partial charge in [-0.15, -0.1) is 0 Å². The summed E-state index contributed by atoms with van der Waals surface area (Å²) in [6.45, 7) is 4.95. The molecule has 4 rings (SSSR count). The summed E-state index contributed by atoms with van der Waals surface area (Å²) >= 11 is 10.7. The van der Waals surface area contributed by atoms with Crippen molar-refractivity contribution in [3.8, 4) is 5.75 Å². The molecule has 0 N–H and O–H groups in total. The first-order chi connectivity index (χ1) is 15.3. The summed E-state index contributed by atoms with van der Waals surface area (Å²) < 4.78 is 8.91. The number of rotatable bonds is 7. The predicted molar refractivity (Wildman–Crippen MR) is 134 cm³/mol. The number of fused-ring (bicyclic) bond motifs is 1. The Morgan fingerprint density at radius 3 is 2.69 bits per heavy atom. The van der Waals surface area contributed by atoms with Crippen LogP contribution in [0.15, 0.2) is 58.0 Å². The van der Waals surface area contributed by atoms with Crippen molar-refractivity contribution in [2.24, 2.45) is 0 Å². The second kappa shape index (κ2) is 9.73. The molecule has 166 valence electrons. The predicted octanol–water partition coefficient (Wildman–Crippen LogP) is 6.97. The number of carbonyl (C=O) groups is 2. The summed E-state index contributed by atoms with van der Waals surface area (Å²) in [7, 11) is 0. The van der Waals surface area contributed by atoms with Crippen LogP contribution < -0.4 is 4.74 Å². The van der Waals surface area contributed by atoms with Crippen molar-refractivity contribution in [3.63, 3.8) is 0 Å². The topological polar surface area (TPSA) is 51.5 Å². The van der Waals surface area contributed by atoms with E-state index in [0.29, 0.717) is 22.3 Å². The number of benzene rings is 2. The summed E-state index contributed by atoms with van der Waals surface area (Å²) in [6.07, 6.45) is 4.63. The normalized spacial score (nSPS) is 15.5. The summed E-state index contributed by atoms with van der Waals surface area (Å²) in [4.78, 5) is 26.7. The molecule has 1 aliphatic rings. The van der Waals surface area contributed by atoms with Crippen LogP contribution in [-0.4, -0.2) is 33.3 Å². The second-order valence-corrected chi connectivity index (χ2v) is 10.0. The number of thioether (sulfide) groups is 1. The Balaban J connectivity index is 1.56. The van der Waals surface area contributed by atoms with Crippen LogP contribution in [0, 0.1) is 0 Å². The lowest BCUT2D eigenvalue weighted by atomic mass is 10.1. The van der Waals surface area contributed by atoms with Crippen molar-refractivity contribution in [2.45, 2.75) is 32.9 Å². The number of hydrogen-bond donors (Lipinski definition) is 0. The average Bonchev–Trinajstić information content (AvgIpc) is 3.22. The molecule has 2 heterocycles. The van der Waals surface area contributed by atoms with Crippen LogP contribution in [0.3, 0.4) is 0 Å². The van der Waals surface area contributed by atoms with Crippen LogP contribution in [0.5, 0.6) is 5.75 Å². The third-order valence-electron chi connectivity index (χ3n) is 5.14. The van der Waals surface area contributed by atoms with Crippen molar-refractivity contribution >= 4 is 67.4 Å². The van der Waals surface area contributed by atoms with E-state index in [4.69, 9.17) is 16.3 Å². The van der Waals surface area contributed by atoms with Crippen molar-refractivity contribution in [1.29, 1.82) is 0 Å². The maximum atomic E-state index is 12.7. The van der Waals surface area contributed by atoms with Crippen LogP contribution in [0.1, 0.15) is 25.8 Å². The molecule has 0 atom stereocenters. The molecule has 0 unspecified atom stereocenters. The molecule has 1 saturated heterocycles. The zero-order valence-electron chi connectivity index (χ0n) is 17.7. The van der Waals surface area contributed by atoms with Crippen LogP contribution >= 0.6 is 39.3 Å². The van der Waals surface area contributed by atoms with Crippen LogP contribution in [-0.2, 0) is 11.3 Å². The monoisotopic (exact) mass is 532 g/mol. The third kappa shape index (κ3) is 4.75. The van der Waals surface area contributed by atoms with Gasteiger partial charge in [0.25, 0.3) is 11.1 Å². The molecule has 5 nitrogen and oxygen atoms in total. The number of amides is 2. The number of imide groups is 1. The molecule has 2 amide bonds. The lowest BCUT2D eigenvalue weighted by molar-refractivity contribution is -0.123. The molecule has 8 heteroatoms. The lowest BCUT2D eigenvalue weighted by Gasteiger charge is -2.16. The van der Waals surface area contributed by atoms with Gasteiger partial charge in [-0.25, -0.2) is 0 Å². The fourth-order valence-electron chi connectivity index (χ4n) is 3.64. The molecule has 0 bridgehead atoms. The van der Waals surface area contributed by atoms with E-state index in [-0.39, 0.29) is 17.2 Å². The van der Waals surface area contributed by atoms with Crippen molar-refractivity contribution in [3.05, 3.63) is 68.6 Å². The van der Waals surface area contributed by atoms with Gasteiger partial charge in [0.1, 0.15) is 5.75 Å². The molecule has 0 spiro atoms. The molecular weight excluding hydrogens is 512 g/mol. The molecule has 0 saturated carbocycles. The largest absolute Gasteiger partial charge is 0.492 e. The second-order valence-electron chi connectivity index (χ2n) is 7.72. The fourth-order valence-corrected chi connectivity index (χ4v) is 5.15. The van der Waals surface area contributed by atoms with E-state index in [1.54, 1.807) is 0 Å². The Hall–Kier alpha value is -2.22. The Bertz CT molecular complexity index is 1220. The average molecular weight is 534 g/mol. The number of carbonyl (C=O) groups excluding carboxylic acids is 2. The highest BCUT2D eigenvalue weighted by Gasteiger charge is 2.36. The number of ether oxygens (including phenoxy) is 1. The number of halogens is 2. The minimum Gasteiger partial charge on any atom is -0.492 e. The van der Waals surface area contributed by atoms with Gasteiger partial charge in [0.05, 0.1) is 16.5 Å².